The lowest BCUT2D eigenvalue weighted by molar-refractivity contribution is 0.157. The second kappa shape index (κ2) is 9.15. The predicted molar refractivity (Wildman–Crippen MR) is 86.1 cm³/mol. The molecule has 0 saturated carbocycles. The number of rotatable bonds is 9. The van der Waals surface area contributed by atoms with Crippen molar-refractivity contribution < 1.29 is 0 Å². The first-order chi connectivity index (χ1) is 10.3. The molecule has 1 aromatic heterocycles. The minimum atomic E-state index is 0.731. The van der Waals surface area contributed by atoms with Gasteiger partial charge in [0, 0.05) is 25.8 Å². The summed E-state index contributed by atoms with van der Waals surface area (Å²) in [5, 5.41) is 11.6. The van der Waals surface area contributed by atoms with Crippen molar-refractivity contribution in [1.82, 2.24) is 25.2 Å². The van der Waals surface area contributed by atoms with Crippen LogP contribution in [0.25, 0.3) is 0 Å². The first-order valence-electron chi connectivity index (χ1n) is 8.57. The van der Waals surface area contributed by atoms with Crippen LogP contribution in [-0.2, 0) is 13.1 Å². The second-order valence-corrected chi connectivity index (χ2v) is 6.33. The van der Waals surface area contributed by atoms with Gasteiger partial charge in [0.15, 0.2) is 0 Å². The molecule has 0 radical (unpaired) electrons. The molecule has 1 aliphatic rings. The van der Waals surface area contributed by atoms with Gasteiger partial charge in [0.2, 0.25) is 0 Å². The molecule has 5 heteroatoms. The largest absolute Gasteiger partial charge is 0.314 e. The SMILES string of the molecule is CCCCCCN1CCCC(Cn2cc(CNC)nn2)C1. The van der Waals surface area contributed by atoms with Gasteiger partial charge in [-0.05, 0) is 45.3 Å². The molecule has 21 heavy (non-hydrogen) atoms. The van der Waals surface area contributed by atoms with Crippen LogP contribution >= 0.6 is 0 Å². The Morgan fingerprint density at radius 2 is 2.24 bits per heavy atom. The van der Waals surface area contributed by atoms with Gasteiger partial charge in [-0.25, -0.2) is 0 Å². The van der Waals surface area contributed by atoms with Gasteiger partial charge < -0.3 is 10.2 Å². The van der Waals surface area contributed by atoms with Crippen LogP contribution in [0.4, 0.5) is 0 Å². The predicted octanol–water partition coefficient (Wildman–Crippen LogP) is 2.29. The number of nitrogens with zero attached hydrogens (tertiary/aromatic N) is 4. The van der Waals surface area contributed by atoms with Crippen molar-refractivity contribution in [2.75, 3.05) is 26.7 Å². The van der Waals surface area contributed by atoms with Crippen LogP contribution in [0.1, 0.15) is 51.1 Å². The number of hydrogen-bond acceptors (Lipinski definition) is 4. The normalized spacial score (nSPS) is 20.0. The molecule has 1 atom stereocenters. The molecule has 0 amide bonds. The zero-order valence-electron chi connectivity index (χ0n) is 13.7. The van der Waals surface area contributed by atoms with Crippen LogP contribution in [0.15, 0.2) is 6.20 Å². The van der Waals surface area contributed by atoms with Crippen LogP contribution in [0, 0.1) is 5.92 Å². The molecule has 0 aliphatic carbocycles. The Bertz CT molecular complexity index is 390. The molecule has 0 aromatic carbocycles. The van der Waals surface area contributed by atoms with Gasteiger partial charge in [0.1, 0.15) is 0 Å². The monoisotopic (exact) mass is 293 g/mol. The van der Waals surface area contributed by atoms with Gasteiger partial charge >= 0.3 is 0 Å². The highest BCUT2D eigenvalue weighted by atomic mass is 15.4. The van der Waals surface area contributed by atoms with Crippen LogP contribution in [0.3, 0.4) is 0 Å². The van der Waals surface area contributed by atoms with Crippen molar-refractivity contribution in [2.24, 2.45) is 5.92 Å². The topological polar surface area (TPSA) is 46.0 Å². The van der Waals surface area contributed by atoms with Crippen LogP contribution in [0.5, 0.6) is 0 Å². The number of unbranched alkanes of at least 4 members (excludes halogenated alkanes) is 3. The van der Waals surface area contributed by atoms with Crippen molar-refractivity contribution in [2.45, 2.75) is 58.5 Å². The molecule has 1 N–H and O–H groups in total. The molecule has 1 aromatic rings. The Morgan fingerprint density at radius 1 is 1.33 bits per heavy atom. The number of nitrogens with one attached hydrogen (secondary N) is 1. The third-order valence-corrected chi connectivity index (χ3v) is 4.32. The van der Waals surface area contributed by atoms with Crippen molar-refractivity contribution in [1.29, 1.82) is 0 Å². The third kappa shape index (κ3) is 5.75. The fraction of sp³-hybridized carbons (Fsp3) is 0.875. The van der Waals surface area contributed by atoms with E-state index in [1.807, 2.05) is 11.7 Å². The summed E-state index contributed by atoms with van der Waals surface area (Å²) in [6.07, 6.45) is 10.2. The standard InChI is InChI=1S/C16H31N5/c1-3-4-5-6-9-20-10-7-8-15(12-20)13-21-14-16(11-17-2)18-19-21/h14-15,17H,3-13H2,1-2H3. The summed E-state index contributed by atoms with van der Waals surface area (Å²) in [6.45, 7) is 7.88. The fourth-order valence-electron chi connectivity index (χ4n) is 3.22. The molecule has 120 valence electrons. The molecule has 2 rings (SSSR count). The maximum absolute atomic E-state index is 4.25. The molecule has 1 aliphatic heterocycles. The first-order valence-corrected chi connectivity index (χ1v) is 8.57. The fourth-order valence-corrected chi connectivity index (χ4v) is 3.22. The van der Waals surface area contributed by atoms with E-state index in [4.69, 9.17) is 0 Å². The zero-order valence-corrected chi connectivity index (χ0v) is 13.7. The smallest absolute Gasteiger partial charge is 0.0964 e. The summed E-state index contributed by atoms with van der Waals surface area (Å²) in [4.78, 5) is 2.65. The molecule has 1 unspecified atom stereocenters. The maximum Gasteiger partial charge on any atom is 0.0964 e. The molecule has 2 heterocycles. The highest BCUT2D eigenvalue weighted by molar-refractivity contribution is 4.91. The van der Waals surface area contributed by atoms with E-state index in [1.54, 1.807) is 0 Å². The van der Waals surface area contributed by atoms with Crippen molar-refractivity contribution in [3.05, 3.63) is 11.9 Å². The van der Waals surface area contributed by atoms with E-state index in [9.17, 15) is 0 Å². The number of aromatic nitrogens is 3. The van der Waals surface area contributed by atoms with E-state index < -0.39 is 0 Å². The van der Waals surface area contributed by atoms with E-state index in [-0.39, 0.29) is 0 Å². The lowest BCUT2D eigenvalue weighted by atomic mass is 9.97. The molecule has 0 spiro atoms. The summed E-state index contributed by atoms with van der Waals surface area (Å²) in [6, 6.07) is 0. The molecular formula is C16H31N5. The average Bonchev–Trinajstić information content (AvgIpc) is 2.92. The van der Waals surface area contributed by atoms with Gasteiger partial charge in [-0.3, -0.25) is 4.68 Å². The molecular weight excluding hydrogens is 262 g/mol. The summed E-state index contributed by atoms with van der Waals surface area (Å²) in [5.74, 6) is 0.731. The highest BCUT2D eigenvalue weighted by Crippen LogP contribution is 2.18. The Labute approximate surface area is 129 Å². The van der Waals surface area contributed by atoms with Gasteiger partial charge in [-0.15, -0.1) is 5.10 Å². The minimum absolute atomic E-state index is 0.731. The van der Waals surface area contributed by atoms with E-state index in [2.05, 4.69) is 33.6 Å². The Morgan fingerprint density at radius 3 is 3.05 bits per heavy atom. The first kappa shape index (κ1) is 16.4. The Hall–Kier alpha value is -0.940. The second-order valence-electron chi connectivity index (χ2n) is 6.33. The lowest BCUT2D eigenvalue weighted by Crippen LogP contribution is -2.37. The van der Waals surface area contributed by atoms with Crippen molar-refractivity contribution in [3.8, 4) is 0 Å². The van der Waals surface area contributed by atoms with Crippen molar-refractivity contribution >= 4 is 0 Å². The minimum Gasteiger partial charge on any atom is -0.314 e. The van der Waals surface area contributed by atoms with Gasteiger partial charge in [-0.2, -0.15) is 0 Å². The molecule has 1 saturated heterocycles. The number of piperidine rings is 1. The van der Waals surface area contributed by atoms with E-state index in [1.165, 1.54) is 58.2 Å². The van der Waals surface area contributed by atoms with E-state index in [0.29, 0.717) is 0 Å². The quantitative estimate of drug-likeness (QED) is 0.710. The van der Waals surface area contributed by atoms with Gasteiger partial charge in [0.25, 0.3) is 0 Å². The molecule has 1 fully saturated rings. The lowest BCUT2D eigenvalue weighted by Gasteiger charge is -2.32. The van der Waals surface area contributed by atoms with Crippen LogP contribution in [0.2, 0.25) is 0 Å². The van der Waals surface area contributed by atoms with Gasteiger partial charge in [0.05, 0.1) is 5.69 Å². The summed E-state index contributed by atoms with van der Waals surface area (Å²) in [7, 11) is 1.94. The van der Waals surface area contributed by atoms with Crippen LogP contribution < -0.4 is 5.32 Å². The molecule has 0 bridgehead atoms. The number of hydrogen-bond donors (Lipinski definition) is 1. The van der Waals surface area contributed by atoms with Crippen molar-refractivity contribution in [3.63, 3.8) is 0 Å². The van der Waals surface area contributed by atoms with Gasteiger partial charge in [-0.1, -0.05) is 31.4 Å². The molecule has 5 nitrogen and oxygen atoms in total. The zero-order chi connectivity index (χ0) is 14.9. The summed E-state index contributed by atoms with van der Waals surface area (Å²) in [5.41, 5.74) is 1.03. The number of likely N-dealkylation sites (tertiary alicyclic amines) is 1. The Kier molecular flexibility index (Phi) is 7.16. The van der Waals surface area contributed by atoms with E-state index in [0.717, 1.165) is 24.7 Å². The van der Waals surface area contributed by atoms with E-state index >= 15 is 0 Å². The summed E-state index contributed by atoms with van der Waals surface area (Å²) < 4.78 is 2.03. The summed E-state index contributed by atoms with van der Waals surface area (Å²) >= 11 is 0. The average molecular weight is 293 g/mol. The van der Waals surface area contributed by atoms with Crippen LogP contribution in [-0.4, -0.2) is 46.6 Å². The highest BCUT2D eigenvalue weighted by Gasteiger charge is 2.20. The third-order valence-electron chi connectivity index (χ3n) is 4.32. The maximum atomic E-state index is 4.25. The Balaban J connectivity index is 1.72.